The van der Waals surface area contributed by atoms with Crippen molar-refractivity contribution in [2.24, 2.45) is 0 Å². The predicted molar refractivity (Wildman–Crippen MR) is 99.7 cm³/mol. The maximum Gasteiger partial charge on any atom is 0.148 e. The monoisotopic (exact) mass is 354 g/mol. The molecule has 0 N–H and O–H groups in total. The second-order valence-electron chi connectivity index (χ2n) is 5.16. The Morgan fingerprint density at radius 3 is 1.82 bits per heavy atom. The molecule has 118 valence electrons. The van der Waals surface area contributed by atoms with E-state index in [1.807, 2.05) is 45.9 Å². The van der Waals surface area contributed by atoms with Gasteiger partial charge in [0.15, 0.2) is 0 Å². The van der Waals surface area contributed by atoms with Crippen LogP contribution in [0.5, 0.6) is 17.2 Å². The first kappa shape index (κ1) is 17.2. The van der Waals surface area contributed by atoms with Crippen LogP contribution >= 0.6 is 38.7 Å². The first-order valence-electron chi connectivity index (χ1n) is 6.65. The molecule has 0 bridgehead atoms. The maximum absolute atomic E-state index is 5.37. The van der Waals surface area contributed by atoms with Crippen molar-refractivity contribution in [2.45, 2.75) is 27.7 Å². The van der Waals surface area contributed by atoms with Crippen LogP contribution in [0.1, 0.15) is 22.3 Å². The molecular formula is C16H18O3S3. The van der Waals surface area contributed by atoms with E-state index in [-0.39, 0.29) is 0 Å². The third-order valence-corrected chi connectivity index (χ3v) is 4.52. The Balaban J connectivity index is 2.82. The average molecular weight is 355 g/mol. The Labute approximate surface area is 147 Å². The van der Waals surface area contributed by atoms with Crippen molar-refractivity contribution in [3.63, 3.8) is 0 Å². The summed E-state index contributed by atoms with van der Waals surface area (Å²) < 4.78 is 15.6. The molecule has 0 spiro atoms. The van der Waals surface area contributed by atoms with Crippen LogP contribution in [0.4, 0.5) is 0 Å². The van der Waals surface area contributed by atoms with E-state index in [0.717, 1.165) is 44.9 Å². The number of hydrogen-bond acceptors (Lipinski definition) is 6. The molecule has 2 rings (SSSR count). The van der Waals surface area contributed by atoms with Crippen molar-refractivity contribution in [1.82, 2.24) is 0 Å². The highest BCUT2D eigenvalue weighted by atomic mass is 32.1. The molecule has 22 heavy (non-hydrogen) atoms. The van der Waals surface area contributed by atoms with Gasteiger partial charge in [0, 0.05) is 49.9 Å². The standard InChI is InChI=1S/C16H18O3S3/c1-8-7-12(17-20)5-6-13(8)14-11(4)15(18-21)9(2)10(3)16(14)19-22/h5-7,20-22H,1-4H3. The molecule has 0 saturated carbocycles. The molecule has 6 heteroatoms. The van der Waals surface area contributed by atoms with Crippen molar-refractivity contribution in [3.05, 3.63) is 40.5 Å². The smallest absolute Gasteiger partial charge is 0.148 e. The third kappa shape index (κ3) is 2.87. The average Bonchev–Trinajstić information content (AvgIpc) is 2.51. The summed E-state index contributed by atoms with van der Waals surface area (Å²) in [5, 5.41) is 0. The summed E-state index contributed by atoms with van der Waals surface area (Å²) in [6, 6.07) is 5.74. The van der Waals surface area contributed by atoms with Gasteiger partial charge in [0.1, 0.15) is 17.2 Å². The van der Waals surface area contributed by atoms with Crippen molar-refractivity contribution in [2.75, 3.05) is 0 Å². The van der Waals surface area contributed by atoms with Gasteiger partial charge >= 0.3 is 0 Å². The summed E-state index contributed by atoms with van der Waals surface area (Å²) in [5.74, 6) is 2.14. The van der Waals surface area contributed by atoms with Gasteiger partial charge in [-0.25, -0.2) is 0 Å². The van der Waals surface area contributed by atoms with Gasteiger partial charge in [-0.1, -0.05) is 6.07 Å². The molecule has 2 aromatic rings. The van der Waals surface area contributed by atoms with Crippen LogP contribution in [0.25, 0.3) is 11.1 Å². The van der Waals surface area contributed by atoms with E-state index in [9.17, 15) is 0 Å². The van der Waals surface area contributed by atoms with E-state index >= 15 is 0 Å². The SMILES string of the molecule is Cc1cc(OS)ccc1-c1c(C)c(OS)c(C)c(C)c1OS. The molecule has 0 atom stereocenters. The zero-order valence-electron chi connectivity index (χ0n) is 12.8. The normalized spacial score (nSPS) is 10.5. The molecule has 2 aromatic carbocycles. The molecular weight excluding hydrogens is 336 g/mol. The van der Waals surface area contributed by atoms with Crippen LogP contribution in [0.15, 0.2) is 18.2 Å². The second kappa shape index (κ2) is 6.98. The highest BCUT2D eigenvalue weighted by Gasteiger charge is 2.21. The fourth-order valence-electron chi connectivity index (χ4n) is 2.64. The molecule has 0 aromatic heterocycles. The quantitative estimate of drug-likeness (QED) is 0.517. The van der Waals surface area contributed by atoms with E-state index < -0.39 is 0 Å². The van der Waals surface area contributed by atoms with E-state index in [1.165, 1.54) is 0 Å². The lowest BCUT2D eigenvalue weighted by Crippen LogP contribution is -1.99. The van der Waals surface area contributed by atoms with E-state index in [4.69, 9.17) is 12.5 Å². The molecule has 0 fully saturated rings. The molecule has 0 amide bonds. The van der Waals surface area contributed by atoms with E-state index in [2.05, 4.69) is 38.7 Å². The van der Waals surface area contributed by atoms with Crippen LogP contribution in [-0.4, -0.2) is 0 Å². The van der Waals surface area contributed by atoms with Crippen LogP contribution < -0.4 is 12.5 Å². The summed E-state index contributed by atoms with van der Waals surface area (Å²) in [4.78, 5) is 0. The van der Waals surface area contributed by atoms with Crippen LogP contribution in [0, 0.1) is 27.7 Å². The van der Waals surface area contributed by atoms with Gasteiger partial charge in [0.05, 0.1) is 0 Å². The highest BCUT2D eigenvalue weighted by molar-refractivity contribution is 7.75. The first-order chi connectivity index (χ1) is 10.5. The molecule has 3 nitrogen and oxygen atoms in total. The van der Waals surface area contributed by atoms with E-state index in [0.29, 0.717) is 5.75 Å². The molecule has 0 unspecified atom stereocenters. The largest absolute Gasteiger partial charge is 0.429 e. The summed E-state index contributed by atoms with van der Waals surface area (Å²) in [6.45, 7) is 7.93. The van der Waals surface area contributed by atoms with Gasteiger partial charge in [0.2, 0.25) is 0 Å². The van der Waals surface area contributed by atoms with Gasteiger partial charge in [-0.15, -0.1) is 0 Å². The number of aryl methyl sites for hydroxylation is 1. The first-order valence-corrected chi connectivity index (χ1v) is 7.74. The highest BCUT2D eigenvalue weighted by Crippen LogP contribution is 2.45. The maximum atomic E-state index is 5.37. The van der Waals surface area contributed by atoms with Crippen molar-refractivity contribution >= 4 is 38.7 Å². The van der Waals surface area contributed by atoms with Gasteiger partial charge in [-0.05, 0) is 62.1 Å². The molecule has 0 aliphatic carbocycles. The van der Waals surface area contributed by atoms with Gasteiger partial charge in [-0.3, -0.25) is 0 Å². The Morgan fingerprint density at radius 1 is 0.727 bits per heavy atom. The zero-order chi connectivity index (χ0) is 16.4. The topological polar surface area (TPSA) is 27.7 Å². The Hall–Kier alpha value is -1.11. The Bertz CT molecular complexity index is 715. The molecule has 0 heterocycles. The Morgan fingerprint density at radius 2 is 1.32 bits per heavy atom. The predicted octanol–water partition coefficient (Wildman–Crippen LogP) is 5.26. The number of benzene rings is 2. The lowest BCUT2D eigenvalue weighted by molar-refractivity contribution is 0.625. The summed E-state index contributed by atoms with van der Waals surface area (Å²) in [5.41, 5.74) is 5.89. The molecule has 0 aliphatic rings. The lowest BCUT2D eigenvalue weighted by atomic mass is 9.90. The van der Waals surface area contributed by atoms with E-state index in [1.54, 1.807) is 0 Å². The van der Waals surface area contributed by atoms with Crippen molar-refractivity contribution < 1.29 is 12.5 Å². The molecule has 0 radical (unpaired) electrons. The zero-order valence-corrected chi connectivity index (χ0v) is 15.5. The summed E-state index contributed by atoms with van der Waals surface area (Å²) in [7, 11) is 0. The fourth-order valence-corrected chi connectivity index (χ4v) is 3.26. The van der Waals surface area contributed by atoms with Crippen LogP contribution in [0.3, 0.4) is 0 Å². The summed E-state index contributed by atoms with van der Waals surface area (Å²) in [6.07, 6.45) is 0. The second-order valence-corrected chi connectivity index (χ2v) is 5.71. The Kier molecular flexibility index (Phi) is 5.47. The number of hydrogen-bond donors (Lipinski definition) is 3. The molecule has 0 saturated heterocycles. The molecule has 0 aliphatic heterocycles. The fraction of sp³-hybridized carbons (Fsp3) is 0.250. The minimum absolute atomic E-state index is 0.685. The van der Waals surface area contributed by atoms with Crippen molar-refractivity contribution in [1.29, 1.82) is 0 Å². The van der Waals surface area contributed by atoms with Gasteiger partial charge < -0.3 is 12.5 Å². The van der Waals surface area contributed by atoms with Gasteiger partial charge in [-0.2, -0.15) is 0 Å². The lowest BCUT2D eigenvalue weighted by Gasteiger charge is -2.20. The van der Waals surface area contributed by atoms with Gasteiger partial charge in [0.25, 0.3) is 0 Å². The third-order valence-electron chi connectivity index (χ3n) is 3.94. The van der Waals surface area contributed by atoms with Crippen LogP contribution in [-0.2, 0) is 0 Å². The minimum Gasteiger partial charge on any atom is -0.429 e. The number of rotatable bonds is 4. The number of thiol groups is 3. The summed E-state index contributed by atoms with van der Waals surface area (Å²) >= 11 is 11.9. The van der Waals surface area contributed by atoms with Crippen LogP contribution in [0.2, 0.25) is 0 Å². The minimum atomic E-state index is 0.685. The van der Waals surface area contributed by atoms with Crippen molar-refractivity contribution in [3.8, 4) is 28.4 Å².